The molecule has 0 aliphatic rings. The molecule has 0 spiro atoms. The number of rotatable bonds is 15. The molecule has 11 nitrogen and oxygen atoms in total. The maximum absolute atomic E-state index is 12.0. The van der Waals surface area contributed by atoms with Gasteiger partial charge in [0, 0.05) is 52.2 Å². The quantitative estimate of drug-likeness (QED) is 0.161. The van der Waals surface area contributed by atoms with Crippen LogP contribution in [0.3, 0.4) is 0 Å². The second-order valence-corrected chi connectivity index (χ2v) is 7.03. The summed E-state index contributed by atoms with van der Waals surface area (Å²) in [6.45, 7) is 2.83. The van der Waals surface area contributed by atoms with Gasteiger partial charge in [-0.3, -0.25) is 24.0 Å². The summed E-state index contributed by atoms with van der Waals surface area (Å²) in [6, 6.07) is 6.69. The number of hydrogen-bond acceptors (Lipinski definition) is 7. The van der Waals surface area contributed by atoms with Crippen LogP contribution in [0, 0.1) is 0 Å². The Morgan fingerprint density at radius 3 is 2.18 bits per heavy atom. The Labute approximate surface area is 193 Å². The Morgan fingerprint density at radius 2 is 1.52 bits per heavy atom. The number of hydrogen-bond donors (Lipinski definition) is 4. The van der Waals surface area contributed by atoms with Gasteiger partial charge in [-0.1, -0.05) is 12.1 Å². The molecular weight excluding hydrogens is 432 g/mol. The summed E-state index contributed by atoms with van der Waals surface area (Å²) in [6.07, 6.45) is 0.598. The van der Waals surface area contributed by atoms with E-state index in [1.54, 1.807) is 24.3 Å². The van der Waals surface area contributed by atoms with E-state index in [0.717, 1.165) is 5.56 Å². The number of carbonyl (C=O) groups excluding carboxylic acids is 5. The summed E-state index contributed by atoms with van der Waals surface area (Å²) in [7, 11) is 1.53. The van der Waals surface area contributed by atoms with Crippen molar-refractivity contribution in [2.24, 2.45) is 0 Å². The van der Waals surface area contributed by atoms with Gasteiger partial charge < -0.3 is 30.7 Å². The molecule has 0 aliphatic heterocycles. The molecule has 1 aromatic carbocycles. The monoisotopic (exact) mass is 464 g/mol. The third-order valence-electron chi connectivity index (χ3n) is 4.18. The lowest BCUT2D eigenvalue weighted by Crippen LogP contribution is -2.31. The molecule has 0 heterocycles. The fourth-order valence-electron chi connectivity index (χ4n) is 2.55. The molecule has 182 valence electrons. The van der Waals surface area contributed by atoms with E-state index in [1.807, 2.05) is 0 Å². The number of benzene rings is 1. The molecule has 0 radical (unpaired) electrons. The molecular formula is C22H32N4O7. The summed E-state index contributed by atoms with van der Waals surface area (Å²) >= 11 is 0. The first kappa shape index (κ1) is 27.6. The Balaban J connectivity index is 2.20. The number of anilines is 1. The van der Waals surface area contributed by atoms with E-state index in [1.165, 1.54) is 14.0 Å². The predicted molar refractivity (Wildman–Crippen MR) is 120 cm³/mol. The average molecular weight is 465 g/mol. The van der Waals surface area contributed by atoms with Crippen molar-refractivity contribution in [3.63, 3.8) is 0 Å². The third kappa shape index (κ3) is 14.3. The van der Waals surface area contributed by atoms with Gasteiger partial charge in [-0.05, 0) is 17.7 Å². The van der Waals surface area contributed by atoms with Crippen LogP contribution in [0.5, 0.6) is 0 Å². The van der Waals surface area contributed by atoms with Crippen LogP contribution in [0.4, 0.5) is 5.69 Å². The van der Waals surface area contributed by atoms with Gasteiger partial charge >= 0.3 is 5.97 Å². The van der Waals surface area contributed by atoms with E-state index in [0.29, 0.717) is 18.7 Å². The normalized spacial score (nSPS) is 10.1. The first-order valence-electron chi connectivity index (χ1n) is 10.6. The van der Waals surface area contributed by atoms with Gasteiger partial charge in [-0.2, -0.15) is 0 Å². The lowest BCUT2D eigenvalue weighted by Gasteiger charge is -2.08. The highest BCUT2D eigenvalue weighted by Gasteiger charge is 2.10. The number of amides is 4. The highest BCUT2D eigenvalue weighted by atomic mass is 16.5. The molecule has 1 rings (SSSR count). The van der Waals surface area contributed by atoms with Gasteiger partial charge in [0.2, 0.25) is 23.6 Å². The molecule has 0 aliphatic carbocycles. The zero-order valence-electron chi connectivity index (χ0n) is 19.0. The van der Waals surface area contributed by atoms with Gasteiger partial charge in [0.25, 0.3) is 0 Å². The summed E-state index contributed by atoms with van der Waals surface area (Å²) in [5.74, 6) is -1.59. The molecule has 11 heteroatoms. The van der Waals surface area contributed by atoms with Crippen LogP contribution in [0.25, 0.3) is 0 Å². The van der Waals surface area contributed by atoms with E-state index in [-0.39, 0.29) is 63.3 Å². The second-order valence-electron chi connectivity index (χ2n) is 7.03. The van der Waals surface area contributed by atoms with Crippen molar-refractivity contribution in [1.29, 1.82) is 0 Å². The van der Waals surface area contributed by atoms with E-state index < -0.39 is 11.8 Å². The maximum atomic E-state index is 12.0. The summed E-state index contributed by atoms with van der Waals surface area (Å²) in [4.78, 5) is 57.4. The fourth-order valence-corrected chi connectivity index (χ4v) is 2.55. The average Bonchev–Trinajstić information content (AvgIpc) is 2.76. The highest BCUT2D eigenvalue weighted by Crippen LogP contribution is 2.10. The Hall–Kier alpha value is -3.47. The van der Waals surface area contributed by atoms with Crippen molar-refractivity contribution in [2.45, 2.75) is 32.6 Å². The van der Waals surface area contributed by atoms with Crippen molar-refractivity contribution in [3.8, 4) is 0 Å². The molecule has 0 aromatic heterocycles. The molecule has 0 unspecified atom stereocenters. The zero-order valence-corrected chi connectivity index (χ0v) is 19.0. The first-order valence-corrected chi connectivity index (χ1v) is 10.6. The second kappa shape index (κ2) is 16.2. The molecule has 1 aromatic rings. The number of nitrogens with one attached hydrogen (secondary N) is 4. The first-order chi connectivity index (χ1) is 15.8. The molecule has 0 saturated carbocycles. The Bertz CT molecular complexity index is 796. The number of carbonyl (C=O) groups is 5. The molecule has 0 saturated heterocycles. The lowest BCUT2D eigenvalue weighted by molar-refractivity contribution is -0.141. The Morgan fingerprint density at radius 1 is 0.818 bits per heavy atom. The van der Waals surface area contributed by atoms with Crippen LogP contribution < -0.4 is 21.3 Å². The van der Waals surface area contributed by atoms with Gasteiger partial charge in [-0.25, -0.2) is 0 Å². The van der Waals surface area contributed by atoms with E-state index in [2.05, 4.69) is 21.3 Å². The minimum atomic E-state index is -0.463. The largest absolute Gasteiger partial charge is 0.466 e. The van der Waals surface area contributed by atoms with Crippen LogP contribution in [-0.4, -0.2) is 69.6 Å². The predicted octanol–water partition coefficient (Wildman–Crippen LogP) is -0.104. The van der Waals surface area contributed by atoms with Gasteiger partial charge in [0.05, 0.1) is 19.6 Å². The molecule has 0 fully saturated rings. The molecule has 4 N–H and O–H groups in total. The molecule has 4 amide bonds. The van der Waals surface area contributed by atoms with Crippen LogP contribution in [0.1, 0.15) is 31.7 Å². The topological polar surface area (TPSA) is 152 Å². The van der Waals surface area contributed by atoms with E-state index in [9.17, 15) is 24.0 Å². The summed E-state index contributed by atoms with van der Waals surface area (Å²) in [5, 5.41) is 10.3. The third-order valence-corrected chi connectivity index (χ3v) is 4.18. The highest BCUT2D eigenvalue weighted by molar-refractivity contribution is 6.03. The minimum absolute atomic E-state index is 0.148. The fraction of sp³-hybridized carbons (Fsp3) is 0.500. The standard InChI is InChI=1S/C22H32N4O7/c1-16(27)33-12-3-11-32-13-10-25-21(30)15-22(31)26-18-6-4-17(5-7-18)14-20(29)24-9-8-19(28)23-2/h4-7H,3,8-15H2,1-2H3,(H,23,28)(H,24,29)(H,25,30)(H,26,31). The van der Waals surface area contributed by atoms with Crippen LogP contribution in [-0.2, 0) is 39.9 Å². The maximum Gasteiger partial charge on any atom is 0.302 e. The van der Waals surface area contributed by atoms with Crippen molar-refractivity contribution < 1.29 is 33.4 Å². The lowest BCUT2D eigenvalue weighted by atomic mass is 10.1. The smallest absolute Gasteiger partial charge is 0.302 e. The van der Waals surface area contributed by atoms with Gasteiger partial charge in [0.1, 0.15) is 6.42 Å². The van der Waals surface area contributed by atoms with Crippen molar-refractivity contribution in [1.82, 2.24) is 16.0 Å². The molecule has 0 atom stereocenters. The number of ether oxygens (including phenoxy) is 2. The van der Waals surface area contributed by atoms with Gasteiger partial charge in [-0.15, -0.1) is 0 Å². The van der Waals surface area contributed by atoms with E-state index >= 15 is 0 Å². The van der Waals surface area contributed by atoms with Crippen molar-refractivity contribution >= 4 is 35.3 Å². The minimum Gasteiger partial charge on any atom is -0.466 e. The Kier molecular flexibility index (Phi) is 13.5. The van der Waals surface area contributed by atoms with Crippen LogP contribution in [0.2, 0.25) is 0 Å². The van der Waals surface area contributed by atoms with Crippen LogP contribution in [0.15, 0.2) is 24.3 Å². The van der Waals surface area contributed by atoms with Gasteiger partial charge in [0.15, 0.2) is 0 Å². The van der Waals surface area contributed by atoms with Crippen molar-refractivity contribution in [3.05, 3.63) is 29.8 Å². The molecule has 33 heavy (non-hydrogen) atoms. The SMILES string of the molecule is CNC(=O)CCNC(=O)Cc1ccc(NC(=O)CC(=O)NCCOCCCOC(C)=O)cc1. The summed E-state index contributed by atoms with van der Waals surface area (Å²) < 4.78 is 10.1. The van der Waals surface area contributed by atoms with Crippen LogP contribution >= 0.6 is 0 Å². The summed E-state index contributed by atoms with van der Waals surface area (Å²) in [5.41, 5.74) is 1.25. The van der Waals surface area contributed by atoms with E-state index in [4.69, 9.17) is 9.47 Å². The number of esters is 1. The zero-order chi connectivity index (χ0) is 24.5. The molecule has 0 bridgehead atoms. The van der Waals surface area contributed by atoms with Crippen molar-refractivity contribution in [2.75, 3.05) is 45.3 Å².